The summed E-state index contributed by atoms with van der Waals surface area (Å²) >= 11 is 7.92. The maximum Gasteiger partial charge on any atom is 0.231 e. The zero-order chi connectivity index (χ0) is 17.9. The number of rotatable bonds is 3. The quantitative estimate of drug-likeness (QED) is 0.671. The number of fused-ring (bicyclic) bond motifs is 2. The fraction of sp³-hybridized carbons (Fsp3) is 0.400. The van der Waals surface area contributed by atoms with Gasteiger partial charge in [0.2, 0.25) is 6.79 Å². The van der Waals surface area contributed by atoms with Gasteiger partial charge in [-0.15, -0.1) is 11.8 Å². The number of aromatic nitrogens is 1. The molecule has 4 nitrogen and oxygen atoms in total. The summed E-state index contributed by atoms with van der Waals surface area (Å²) < 4.78 is 10.8. The predicted octanol–water partition coefficient (Wildman–Crippen LogP) is 5.29. The molecule has 26 heavy (non-hydrogen) atoms. The molecule has 6 heteroatoms. The number of hydrogen-bond donors (Lipinski definition) is 0. The molecule has 0 saturated carbocycles. The van der Waals surface area contributed by atoms with Gasteiger partial charge in [-0.1, -0.05) is 24.4 Å². The summed E-state index contributed by atoms with van der Waals surface area (Å²) in [6, 6.07) is 8.06. The Hall–Kier alpha value is -1.90. The van der Waals surface area contributed by atoms with E-state index in [4.69, 9.17) is 26.1 Å². The van der Waals surface area contributed by atoms with Crippen molar-refractivity contribution in [2.45, 2.75) is 49.3 Å². The molecule has 0 saturated heterocycles. The van der Waals surface area contributed by atoms with Crippen molar-refractivity contribution in [1.82, 2.24) is 4.98 Å². The molecule has 1 aromatic heterocycles. The highest BCUT2D eigenvalue weighted by atomic mass is 35.5. The van der Waals surface area contributed by atoms with Crippen LogP contribution in [-0.4, -0.2) is 11.8 Å². The van der Waals surface area contributed by atoms with Crippen LogP contribution in [0.25, 0.3) is 0 Å². The second kappa shape index (κ2) is 7.77. The van der Waals surface area contributed by atoms with E-state index >= 15 is 0 Å². The van der Waals surface area contributed by atoms with Gasteiger partial charge in [-0.05, 0) is 48.9 Å². The molecule has 0 fully saturated rings. The zero-order valence-electron chi connectivity index (χ0n) is 14.4. The molecule has 4 rings (SSSR count). The van der Waals surface area contributed by atoms with Gasteiger partial charge in [0.25, 0.3) is 0 Å². The Morgan fingerprint density at radius 3 is 2.65 bits per heavy atom. The fourth-order valence-electron chi connectivity index (χ4n) is 3.37. The van der Waals surface area contributed by atoms with Crippen LogP contribution >= 0.6 is 23.4 Å². The molecule has 0 spiro atoms. The average Bonchev–Trinajstić information content (AvgIpc) is 3.07. The lowest BCUT2D eigenvalue weighted by molar-refractivity contribution is 0.174. The Balaban J connectivity index is 1.58. The summed E-state index contributed by atoms with van der Waals surface area (Å²) in [5.41, 5.74) is 4.01. The van der Waals surface area contributed by atoms with Gasteiger partial charge < -0.3 is 9.47 Å². The third-order valence-corrected chi connectivity index (χ3v) is 6.18. The standard InChI is InChI=1S/C20H19ClN2O2S/c21-16-9-19-18(24-12-25-19)8-15(16)11-26-20-14(10-22)7-13-5-3-1-2-4-6-17(13)23-20/h7-9H,1-6,11-12H2. The predicted molar refractivity (Wildman–Crippen MR) is 102 cm³/mol. The van der Waals surface area contributed by atoms with Gasteiger partial charge >= 0.3 is 0 Å². The van der Waals surface area contributed by atoms with Crippen LogP contribution < -0.4 is 9.47 Å². The first-order valence-electron chi connectivity index (χ1n) is 8.88. The smallest absolute Gasteiger partial charge is 0.231 e. The first-order valence-corrected chi connectivity index (χ1v) is 10.2. The van der Waals surface area contributed by atoms with Crippen LogP contribution in [0.5, 0.6) is 11.5 Å². The van der Waals surface area contributed by atoms with Crippen LogP contribution in [-0.2, 0) is 18.6 Å². The van der Waals surface area contributed by atoms with E-state index in [1.165, 1.54) is 31.2 Å². The number of halogens is 1. The highest BCUT2D eigenvalue weighted by Crippen LogP contribution is 2.39. The Labute approximate surface area is 162 Å². The molecule has 0 radical (unpaired) electrons. The monoisotopic (exact) mass is 386 g/mol. The summed E-state index contributed by atoms with van der Waals surface area (Å²) in [7, 11) is 0. The molecule has 1 aliphatic carbocycles. The third kappa shape index (κ3) is 3.62. The SMILES string of the molecule is N#Cc1cc2c(nc1SCc1cc3c(cc1Cl)OCO3)CCCCCC2. The van der Waals surface area contributed by atoms with Crippen LogP contribution in [0.1, 0.15) is 48.1 Å². The summed E-state index contributed by atoms with van der Waals surface area (Å²) in [5, 5.41) is 11.0. The zero-order valence-corrected chi connectivity index (χ0v) is 16.0. The van der Waals surface area contributed by atoms with Gasteiger partial charge in [-0.2, -0.15) is 5.26 Å². The summed E-state index contributed by atoms with van der Waals surface area (Å²) in [6.45, 7) is 0.229. The van der Waals surface area contributed by atoms with Crippen molar-refractivity contribution >= 4 is 23.4 Å². The van der Waals surface area contributed by atoms with Crippen molar-refractivity contribution in [3.8, 4) is 17.6 Å². The number of pyridine rings is 1. The number of nitrogens with zero attached hydrogens (tertiary/aromatic N) is 2. The van der Waals surface area contributed by atoms with Crippen molar-refractivity contribution in [1.29, 1.82) is 5.26 Å². The minimum Gasteiger partial charge on any atom is -0.454 e. The largest absolute Gasteiger partial charge is 0.454 e. The number of thioether (sulfide) groups is 1. The number of benzene rings is 1. The van der Waals surface area contributed by atoms with Gasteiger partial charge in [0, 0.05) is 22.5 Å². The molecule has 0 amide bonds. The highest BCUT2D eigenvalue weighted by Gasteiger charge is 2.18. The number of hydrogen-bond acceptors (Lipinski definition) is 5. The van der Waals surface area contributed by atoms with E-state index in [1.807, 2.05) is 12.1 Å². The molecule has 0 bridgehead atoms. The molecule has 2 aromatic rings. The molecule has 1 aromatic carbocycles. The van der Waals surface area contributed by atoms with Crippen molar-refractivity contribution in [3.63, 3.8) is 0 Å². The minimum atomic E-state index is 0.229. The van der Waals surface area contributed by atoms with E-state index < -0.39 is 0 Å². The summed E-state index contributed by atoms with van der Waals surface area (Å²) in [6.07, 6.45) is 6.90. The number of aryl methyl sites for hydroxylation is 2. The molecular weight excluding hydrogens is 368 g/mol. The van der Waals surface area contributed by atoms with Gasteiger partial charge in [0.05, 0.1) is 5.56 Å². The van der Waals surface area contributed by atoms with Gasteiger partial charge in [-0.25, -0.2) is 4.98 Å². The minimum absolute atomic E-state index is 0.229. The van der Waals surface area contributed by atoms with Crippen LogP contribution in [0.15, 0.2) is 23.2 Å². The maximum absolute atomic E-state index is 9.56. The number of nitriles is 1. The lowest BCUT2D eigenvalue weighted by Crippen LogP contribution is -2.05. The van der Waals surface area contributed by atoms with Gasteiger partial charge in [0.15, 0.2) is 11.5 Å². The molecule has 2 heterocycles. The normalized spacial score (nSPS) is 15.7. The topological polar surface area (TPSA) is 55.1 Å². The number of ether oxygens (including phenoxy) is 2. The van der Waals surface area contributed by atoms with Crippen LogP contribution in [0.2, 0.25) is 5.02 Å². The molecule has 0 unspecified atom stereocenters. The molecule has 1 aliphatic heterocycles. The average molecular weight is 387 g/mol. The Bertz CT molecular complexity index is 879. The maximum atomic E-state index is 9.56. The fourth-order valence-corrected chi connectivity index (χ4v) is 4.64. The van der Waals surface area contributed by atoms with Crippen molar-refractivity contribution in [2.24, 2.45) is 0 Å². The van der Waals surface area contributed by atoms with Crippen molar-refractivity contribution in [3.05, 3.63) is 45.6 Å². The van der Waals surface area contributed by atoms with E-state index in [1.54, 1.807) is 17.8 Å². The molecular formula is C20H19ClN2O2S. The second-order valence-electron chi connectivity index (χ2n) is 6.56. The second-order valence-corrected chi connectivity index (χ2v) is 7.93. The lowest BCUT2D eigenvalue weighted by atomic mass is 9.96. The van der Waals surface area contributed by atoms with E-state index in [9.17, 15) is 5.26 Å². The van der Waals surface area contributed by atoms with E-state index in [0.717, 1.165) is 34.9 Å². The molecule has 2 aliphatic rings. The first-order chi connectivity index (χ1) is 12.7. The van der Waals surface area contributed by atoms with Crippen molar-refractivity contribution in [2.75, 3.05) is 6.79 Å². The lowest BCUT2D eigenvalue weighted by Gasteiger charge is -2.15. The van der Waals surface area contributed by atoms with Gasteiger partial charge in [0.1, 0.15) is 11.1 Å². The summed E-state index contributed by atoms with van der Waals surface area (Å²) in [4.78, 5) is 4.84. The van der Waals surface area contributed by atoms with E-state index in [-0.39, 0.29) is 6.79 Å². The van der Waals surface area contributed by atoms with Crippen LogP contribution in [0.3, 0.4) is 0 Å². The molecule has 134 valence electrons. The summed E-state index contributed by atoms with van der Waals surface area (Å²) in [5.74, 6) is 2.04. The van der Waals surface area contributed by atoms with Gasteiger partial charge in [-0.3, -0.25) is 0 Å². The van der Waals surface area contributed by atoms with E-state index in [0.29, 0.717) is 22.1 Å². The Kier molecular flexibility index (Phi) is 5.23. The Morgan fingerprint density at radius 1 is 1.08 bits per heavy atom. The Morgan fingerprint density at radius 2 is 1.85 bits per heavy atom. The third-order valence-electron chi connectivity index (χ3n) is 4.79. The molecule has 0 atom stereocenters. The van der Waals surface area contributed by atoms with Crippen LogP contribution in [0, 0.1) is 11.3 Å². The van der Waals surface area contributed by atoms with Crippen molar-refractivity contribution < 1.29 is 9.47 Å². The highest BCUT2D eigenvalue weighted by molar-refractivity contribution is 7.98. The first kappa shape index (κ1) is 17.5. The van der Waals surface area contributed by atoms with E-state index in [2.05, 4.69) is 6.07 Å². The van der Waals surface area contributed by atoms with Crippen LogP contribution in [0.4, 0.5) is 0 Å². The molecule has 0 N–H and O–H groups in total.